The summed E-state index contributed by atoms with van der Waals surface area (Å²) >= 11 is 3.01. The van der Waals surface area contributed by atoms with Crippen LogP contribution in [0, 0.1) is 0 Å². The molecule has 72 valence electrons. The fourth-order valence-corrected chi connectivity index (χ4v) is 1.24. The fourth-order valence-electron chi connectivity index (χ4n) is 0.915. The van der Waals surface area contributed by atoms with Gasteiger partial charge in [0.05, 0.1) is 5.56 Å². The van der Waals surface area contributed by atoms with E-state index in [4.69, 9.17) is 5.11 Å². The van der Waals surface area contributed by atoms with Crippen molar-refractivity contribution in [3.8, 4) is 5.75 Å². The lowest BCUT2D eigenvalue weighted by molar-refractivity contribution is -0.137. The van der Waals surface area contributed by atoms with Crippen LogP contribution in [0.2, 0.25) is 0 Å². The zero-order chi connectivity index (χ0) is 10.1. The highest BCUT2D eigenvalue weighted by atomic mass is 79.9. The number of hydrogen-bond acceptors (Lipinski definition) is 1. The molecule has 0 amide bonds. The maximum atomic E-state index is 12.2. The monoisotopic (exact) mass is 254 g/mol. The highest BCUT2D eigenvalue weighted by Gasteiger charge is 2.31. The van der Waals surface area contributed by atoms with Gasteiger partial charge in [-0.1, -0.05) is 15.9 Å². The second kappa shape index (κ2) is 3.57. The molecular formula is C8H6BrF3O. The van der Waals surface area contributed by atoms with Gasteiger partial charge in [-0.25, -0.2) is 0 Å². The first-order chi connectivity index (χ1) is 5.93. The van der Waals surface area contributed by atoms with Gasteiger partial charge in [-0.2, -0.15) is 13.2 Å². The minimum absolute atomic E-state index is 0.282. The standard InChI is InChI=1S/C8H6BrF3O/c9-4-5-1-6(8(10,11)12)3-7(13)2-5/h1-3,13H,4H2. The van der Waals surface area contributed by atoms with E-state index in [0.29, 0.717) is 11.6 Å². The summed E-state index contributed by atoms with van der Waals surface area (Å²) in [6.07, 6.45) is -4.41. The molecule has 0 saturated carbocycles. The Bertz CT molecular complexity index is 309. The number of benzene rings is 1. The van der Waals surface area contributed by atoms with E-state index in [2.05, 4.69) is 15.9 Å². The molecule has 0 heterocycles. The van der Waals surface area contributed by atoms with Crippen molar-refractivity contribution in [1.82, 2.24) is 0 Å². The predicted molar refractivity (Wildman–Crippen MR) is 45.7 cm³/mol. The molecule has 0 unspecified atom stereocenters. The minimum atomic E-state index is -4.41. The van der Waals surface area contributed by atoms with Gasteiger partial charge < -0.3 is 5.11 Å². The lowest BCUT2D eigenvalue weighted by Gasteiger charge is -2.08. The van der Waals surface area contributed by atoms with Crippen LogP contribution in [-0.4, -0.2) is 5.11 Å². The van der Waals surface area contributed by atoms with E-state index in [1.165, 1.54) is 6.07 Å². The molecule has 0 aliphatic rings. The molecule has 1 N–H and O–H groups in total. The molecule has 0 radical (unpaired) electrons. The summed E-state index contributed by atoms with van der Waals surface area (Å²) in [6, 6.07) is 2.98. The van der Waals surface area contributed by atoms with Crippen LogP contribution >= 0.6 is 15.9 Å². The number of hydrogen-bond donors (Lipinski definition) is 1. The fraction of sp³-hybridized carbons (Fsp3) is 0.250. The van der Waals surface area contributed by atoms with E-state index >= 15 is 0 Å². The van der Waals surface area contributed by atoms with Crippen molar-refractivity contribution in [1.29, 1.82) is 0 Å². The number of phenols is 1. The lowest BCUT2D eigenvalue weighted by Crippen LogP contribution is -2.04. The summed E-state index contributed by atoms with van der Waals surface area (Å²) in [7, 11) is 0. The first kappa shape index (κ1) is 10.4. The van der Waals surface area contributed by atoms with Crippen molar-refractivity contribution in [3.05, 3.63) is 29.3 Å². The van der Waals surface area contributed by atoms with Gasteiger partial charge in [-0.05, 0) is 23.8 Å². The van der Waals surface area contributed by atoms with Gasteiger partial charge in [0.2, 0.25) is 0 Å². The summed E-state index contributed by atoms with van der Waals surface area (Å²) in [5.74, 6) is -0.371. The van der Waals surface area contributed by atoms with Crippen molar-refractivity contribution < 1.29 is 18.3 Å². The first-order valence-corrected chi connectivity index (χ1v) is 4.51. The van der Waals surface area contributed by atoms with E-state index in [1.807, 2.05) is 0 Å². The first-order valence-electron chi connectivity index (χ1n) is 3.39. The Hall–Kier alpha value is -0.710. The van der Waals surface area contributed by atoms with Gasteiger partial charge >= 0.3 is 6.18 Å². The molecule has 5 heteroatoms. The van der Waals surface area contributed by atoms with Crippen molar-refractivity contribution in [2.24, 2.45) is 0 Å². The summed E-state index contributed by atoms with van der Waals surface area (Å²) in [5, 5.41) is 9.25. The molecule has 1 nitrogen and oxygen atoms in total. The third-order valence-corrected chi connectivity index (χ3v) is 2.11. The third kappa shape index (κ3) is 2.62. The number of alkyl halides is 4. The molecule has 0 bridgehead atoms. The summed E-state index contributed by atoms with van der Waals surface area (Å²) in [5.41, 5.74) is -0.436. The Morgan fingerprint density at radius 1 is 1.23 bits per heavy atom. The second-order valence-electron chi connectivity index (χ2n) is 2.52. The van der Waals surface area contributed by atoms with Crippen LogP contribution in [0.4, 0.5) is 13.2 Å². The summed E-state index contributed by atoms with van der Waals surface area (Å²) in [6.45, 7) is 0. The van der Waals surface area contributed by atoms with Crippen LogP contribution < -0.4 is 0 Å². The lowest BCUT2D eigenvalue weighted by atomic mass is 10.1. The van der Waals surface area contributed by atoms with E-state index < -0.39 is 11.7 Å². The smallest absolute Gasteiger partial charge is 0.416 e. The van der Waals surface area contributed by atoms with Crippen LogP contribution in [0.5, 0.6) is 5.75 Å². The Morgan fingerprint density at radius 3 is 2.31 bits per heavy atom. The molecule has 13 heavy (non-hydrogen) atoms. The van der Waals surface area contributed by atoms with Gasteiger partial charge in [0.1, 0.15) is 5.75 Å². The zero-order valence-electron chi connectivity index (χ0n) is 6.40. The topological polar surface area (TPSA) is 20.2 Å². The number of rotatable bonds is 1. The maximum absolute atomic E-state index is 12.2. The number of phenolic OH excluding ortho intramolecular Hbond substituents is 1. The van der Waals surface area contributed by atoms with Gasteiger partial charge in [0, 0.05) is 5.33 Å². The molecule has 0 fully saturated rings. The number of aromatic hydroxyl groups is 1. The summed E-state index contributed by atoms with van der Waals surface area (Å²) < 4.78 is 36.5. The van der Waals surface area contributed by atoms with E-state index in [-0.39, 0.29) is 11.1 Å². The molecule has 1 aromatic rings. The molecular weight excluding hydrogens is 249 g/mol. The third-order valence-electron chi connectivity index (χ3n) is 1.46. The average molecular weight is 255 g/mol. The highest BCUT2D eigenvalue weighted by molar-refractivity contribution is 9.08. The molecule has 1 rings (SSSR count). The van der Waals surface area contributed by atoms with Crippen molar-refractivity contribution in [3.63, 3.8) is 0 Å². The largest absolute Gasteiger partial charge is 0.508 e. The molecule has 0 aliphatic carbocycles. The Kier molecular flexibility index (Phi) is 2.85. The molecule has 1 aromatic carbocycles. The van der Waals surface area contributed by atoms with Crippen LogP contribution in [0.1, 0.15) is 11.1 Å². The van der Waals surface area contributed by atoms with Gasteiger partial charge in [-0.15, -0.1) is 0 Å². The molecule has 0 spiro atoms. The number of halogens is 4. The minimum Gasteiger partial charge on any atom is -0.508 e. The SMILES string of the molecule is Oc1cc(CBr)cc(C(F)(F)F)c1. The van der Waals surface area contributed by atoms with Crippen molar-refractivity contribution >= 4 is 15.9 Å². The van der Waals surface area contributed by atoms with E-state index in [9.17, 15) is 13.2 Å². The van der Waals surface area contributed by atoms with Gasteiger partial charge in [-0.3, -0.25) is 0 Å². The zero-order valence-corrected chi connectivity index (χ0v) is 7.98. The van der Waals surface area contributed by atoms with Crippen LogP contribution in [0.3, 0.4) is 0 Å². The van der Waals surface area contributed by atoms with Crippen molar-refractivity contribution in [2.75, 3.05) is 0 Å². The second-order valence-corrected chi connectivity index (χ2v) is 3.08. The summed E-state index contributed by atoms with van der Waals surface area (Å²) in [4.78, 5) is 0. The normalized spacial score (nSPS) is 11.7. The highest BCUT2D eigenvalue weighted by Crippen LogP contribution is 2.32. The average Bonchev–Trinajstić information content (AvgIpc) is 2.01. The van der Waals surface area contributed by atoms with Crippen molar-refractivity contribution in [2.45, 2.75) is 11.5 Å². The van der Waals surface area contributed by atoms with E-state index in [0.717, 1.165) is 6.07 Å². The van der Waals surface area contributed by atoms with Gasteiger partial charge in [0.25, 0.3) is 0 Å². The Labute approximate surface area is 81.3 Å². The van der Waals surface area contributed by atoms with Crippen LogP contribution in [-0.2, 0) is 11.5 Å². The van der Waals surface area contributed by atoms with E-state index in [1.54, 1.807) is 0 Å². The maximum Gasteiger partial charge on any atom is 0.416 e. The molecule has 0 aromatic heterocycles. The molecule has 0 atom stereocenters. The molecule has 0 aliphatic heterocycles. The van der Waals surface area contributed by atoms with Crippen LogP contribution in [0.15, 0.2) is 18.2 Å². The quantitative estimate of drug-likeness (QED) is 0.763. The Morgan fingerprint density at radius 2 is 1.85 bits per heavy atom. The Balaban J connectivity index is 3.16. The predicted octanol–water partition coefficient (Wildman–Crippen LogP) is 3.31. The molecule has 0 saturated heterocycles. The van der Waals surface area contributed by atoms with Crippen LogP contribution in [0.25, 0.3) is 0 Å². The van der Waals surface area contributed by atoms with Gasteiger partial charge in [0.15, 0.2) is 0 Å².